The number of piperidine rings is 1. The Labute approximate surface area is 249 Å². The van der Waals surface area contributed by atoms with E-state index in [-0.39, 0.29) is 51.4 Å². The number of carbonyl (C=O) groups is 2. The molecule has 8 nitrogen and oxygen atoms in total. The molecule has 2 N–H and O–H groups in total. The number of sulfone groups is 1. The smallest absolute Gasteiger partial charge is 0.416 e. The minimum atomic E-state index is -4.70. The fourth-order valence-electron chi connectivity index (χ4n) is 4.79. The Balaban J connectivity index is 1.71. The lowest BCUT2D eigenvalue weighted by Crippen LogP contribution is -2.42. The Morgan fingerprint density at radius 3 is 2.43 bits per heavy atom. The maximum atomic E-state index is 14.1. The van der Waals surface area contributed by atoms with Crippen LogP contribution in [0.4, 0.5) is 18.0 Å². The summed E-state index contributed by atoms with van der Waals surface area (Å²) in [6.07, 6.45) is -3.65. The molecule has 13 heteroatoms. The molecule has 0 bridgehead atoms. The minimum Gasteiger partial charge on any atom is -0.444 e. The molecule has 42 heavy (non-hydrogen) atoms. The second kappa shape index (κ2) is 13.6. The number of nitrogens with one attached hydrogen (secondary N) is 2. The number of ether oxygens (including phenoxy) is 1. The summed E-state index contributed by atoms with van der Waals surface area (Å²) in [6.45, 7) is 8.01. The molecular formula is C29H37ClF3N3O5S. The number of hydrogen-bond donors (Lipinski definition) is 2. The van der Waals surface area contributed by atoms with Crippen LogP contribution in [0.3, 0.4) is 0 Å². The number of nitrogens with zero attached hydrogens (tertiary/aromatic N) is 1. The summed E-state index contributed by atoms with van der Waals surface area (Å²) in [6, 6.07) is 7.62. The van der Waals surface area contributed by atoms with E-state index in [1.807, 2.05) is 4.90 Å². The molecule has 0 radical (unpaired) electrons. The number of alkyl carbamates (subject to hydrolysis) is 1. The van der Waals surface area contributed by atoms with Crippen molar-refractivity contribution in [2.75, 3.05) is 25.4 Å². The Hall–Kier alpha value is -2.83. The molecule has 1 aliphatic heterocycles. The number of carbonyl (C=O) groups excluding carboxylic acids is 2. The second-order valence-electron chi connectivity index (χ2n) is 11.3. The highest BCUT2D eigenvalue weighted by molar-refractivity contribution is 7.91. The summed E-state index contributed by atoms with van der Waals surface area (Å²) in [5, 5.41) is 5.52. The molecule has 0 saturated carbocycles. The van der Waals surface area contributed by atoms with Crippen LogP contribution in [0.25, 0.3) is 0 Å². The molecule has 1 saturated heterocycles. The zero-order chi connectivity index (χ0) is 31.3. The van der Waals surface area contributed by atoms with E-state index in [1.165, 1.54) is 37.3 Å². The van der Waals surface area contributed by atoms with Crippen molar-refractivity contribution in [1.82, 2.24) is 15.5 Å². The fourth-order valence-corrected chi connectivity index (χ4v) is 6.10. The lowest BCUT2D eigenvalue weighted by Gasteiger charge is -2.33. The average Bonchev–Trinajstić information content (AvgIpc) is 2.89. The van der Waals surface area contributed by atoms with Crippen LogP contribution in [0.15, 0.2) is 41.3 Å². The first-order valence-electron chi connectivity index (χ1n) is 13.7. The quantitative estimate of drug-likeness (QED) is 0.362. The maximum absolute atomic E-state index is 14.1. The van der Waals surface area contributed by atoms with Gasteiger partial charge in [-0.25, -0.2) is 13.2 Å². The summed E-state index contributed by atoms with van der Waals surface area (Å²) >= 11 is 6.01. The van der Waals surface area contributed by atoms with Crippen LogP contribution in [-0.4, -0.2) is 56.3 Å². The van der Waals surface area contributed by atoms with Crippen molar-refractivity contribution in [2.24, 2.45) is 5.92 Å². The maximum Gasteiger partial charge on any atom is 0.416 e. The van der Waals surface area contributed by atoms with Crippen molar-refractivity contribution in [1.29, 1.82) is 0 Å². The number of likely N-dealkylation sites (tertiary alicyclic amines) is 1. The normalized spacial score (nSPS) is 16.6. The molecule has 2 aromatic carbocycles. The summed E-state index contributed by atoms with van der Waals surface area (Å²) < 4.78 is 72.4. The molecule has 2 aromatic rings. The highest BCUT2D eigenvalue weighted by Crippen LogP contribution is 2.34. The molecule has 1 heterocycles. The van der Waals surface area contributed by atoms with Gasteiger partial charge in [0.25, 0.3) is 5.91 Å². The van der Waals surface area contributed by atoms with Crippen molar-refractivity contribution in [3.05, 3.63) is 63.7 Å². The first kappa shape index (κ1) is 33.7. The van der Waals surface area contributed by atoms with E-state index in [0.29, 0.717) is 19.6 Å². The van der Waals surface area contributed by atoms with E-state index in [4.69, 9.17) is 16.3 Å². The van der Waals surface area contributed by atoms with Crippen molar-refractivity contribution in [3.8, 4) is 0 Å². The minimum absolute atomic E-state index is 0.00200. The van der Waals surface area contributed by atoms with Gasteiger partial charge < -0.3 is 15.4 Å². The van der Waals surface area contributed by atoms with Crippen molar-refractivity contribution in [2.45, 2.75) is 70.3 Å². The van der Waals surface area contributed by atoms with Crippen molar-refractivity contribution < 1.29 is 35.9 Å². The summed E-state index contributed by atoms with van der Waals surface area (Å²) in [5.74, 6) is -0.888. The number of hydrogen-bond acceptors (Lipinski definition) is 6. The van der Waals surface area contributed by atoms with E-state index in [0.717, 1.165) is 18.9 Å². The molecule has 1 fully saturated rings. The highest BCUT2D eigenvalue weighted by atomic mass is 35.5. The first-order chi connectivity index (χ1) is 19.5. The van der Waals surface area contributed by atoms with Gasteiger partial charge in [0.05, 0.1) is 16.2 Å². The fraction of sp³-hybridized carbons (Fsp3) is 0.517. The summed E-state index contributed by atoms with van der Waals surface area (Å²) in [4.78, 5) is 26.8. The highest BCUT2D eigenvalue weighted by Gasteiger charge is 2.35. The standard InChI is InChI=1S/C29H37ClF3N3O5S/c1-5-42(39,40)25-11-10-23(30)13-22(25)16-34-26(37)20-8-9-21(24(14-20)29(31,32)33)18-36-12-6-7-19(17-36)15-35-27(38)41-28(2,3)4/h8-11,13-14,19H,5-7,12,15-18H2,1-4H3,(H,34,37)(H,35,38)/t19-/m0/s1. The van der Waals surface area contributed by atoms with E-state index < -0.39 is 39.2 Å². The van der Waals surface area contributed by atoms with Crippen LogP contribution >= 0.6 is 11.6 Å². The van der Waals surface area contributed by atoms with E-state index in [1.54, 1.807) is 20.8 Å². The molecule has 1 aliphatic rings. The average molecular weight is 632 g/mol. The molecule has 0 aromatic heterocycles. The SMILES string of the molecule is CCS(=O)(=O)c1ccc(Cl)cc1CNC(=O)c1ccc(CN2CCC[C@@H](CNC(=O)OC(C)(C)C)C2)c(C(F)(F)F)c1. The number of amides is 2. The van der Waals surface area contributed by atoms with Crippen LogP contribution < -0.4 is 10.6 Å². The molecule has 0 aliphatic carbocycles. The first-order valence-corrected chi connectivity index (χ1v) is 15.7. The van der Waals surface area contributed by atoms with Crippen molar-refractivity contribution in [3.63, 3.8) is 0 Å². The van der Waals surface area contributed by atoms with Gasteiger partial charge in [-0.1, -0.05) is 24.6 Å². The third-order valence-corrected chi connectivity index (χ3v) is 8.85. The van der Waals surface area contributed by atoms with Gasteiger partial charge in [0.2, 0.25) is 0 Å². The van der Waals surface area contributed by atoms with Crippen LogP contribution in [0.1, 0.15) is 67.6 Å². The number of halogens is 4. The van der Waals surface area contributed by atoms with Gasteiger partial charge >= 0.3 is 12.3 Å². The third kappa shape index (κ3) is 9.60. The van der Waals surface area contributed by atoms with Gasteiger partial charge in [-0.05, 0) is 87.5 Å². The van der Waals surface area contributed by atoms with E-state index in [9.17, 15) is 31.2 Å². The predicted molar refractivity (Wildman–Crippen MR) is 154 cm³/mol. The Bertz CT molecular complexity index is 1390. The third-order valence-electron chi connectivity index (χ3n) is 6.79. The van der Waals surface area contributed by atoms with Gasteiger partial charge in [0, 0.05) is 36.8 Å². The molecule has 3 rings (SSSR count). The molecular weight excluding hydrogens is 595 g/mol. The molecule has 0 spiro atoms. The lowest BCUT2D eigenvalue weighted by atomic mass is 9.96. The van der Waals surface area contributed by atoms with Gasteiger partial charge in [0.15, 0.2) is 9.84 Å². The van der Waals surface area contributed by atoms with Gasteiger partial charge in [-0.3, -0.25) is 9.69 Å². The van der Waals surface area contributed by atoms with Gasteiger partial charge in [0.1, 0.15) is 5.60 Å². The summed E-state index contributed by atoms with van der Waals surface area (Å²) in [5.41, 5.74) is -1.47. The predicted octanol–water partition coefficient (Wildman–Crippen LogP) is 5.82. The monoisotopic (exact) mass is 631 g/mol. The molecule has 0 unspecified atom stereocenters. The van der Waals surface area contributed by atoms with E-state index in [2.05, 4.69) is 10.6 Å². The Morgan fingerprint density at radius 1 is 1.07 bits per heavy atom. The topological polar surface area (TPSA) is 105 Å². The number of benzene rings is 2. The van der Waals surface area contributed by atoms with E-state index >= 15 is 0 Å². The number of rotatable bonds is 9. The lowest BCUT2D eigenvalue weighted by molar-refractivity contribution is -0.138. The summed E-state index contributed by atoms with van der Waals surface area (Å²) in [7, 11) is -3.61. The zero-order valence-electron chi connectivity index (χ0n) is 24.1. The van der Waals surface area contributed by atoms with Crippen LogP contribution in [0.5, 0.6) is 0 Å². The Morgan fingerprint density at radius 2 is 1.79 bits per heavy atom. The molecule has 1 atom stereocenters. The molecule has 232 valence electrons. The van der Waals surface area contributed by atoms with Crippen molar-refractivity contribution >= 4 is 33.4 Å². The van der Waals surface area contributed by atoms with Crippen LogP contribution in [-0.2, 0) is 33.8 Å². The van der Waals surface area contributed by atoms with Crippen LogP contribution in [0.2, 0.25) is 5.02 Å². The largest absolute Gasteiger partial charge is 0.444 e. The zero-order valence-corrected chi connectivity index (χ0v) is 25.7. The van der Waals surface area contributed by atoms with Gasteiger partial charge in [-0.15, -0.1) is 0 Å². The van der Waals surface area contributed by atoms with Gasteiger partial charge in [-0.2, -0.15) is 13.2 Å². The number of alkyl halides is 3. The second-order valence-corrected chi connectivity index (χ2v) is 14.0. The van der Waals surface area contributed by atoms with Crippen LogP contribution in [0, 0.1) is 5.92 Å². The Kier molecular flexibility index (Phi) is 10.9. The molecule has 2 amide bonds.